The van der Waals surface area contributed by atoms with E-state index in [1.54, 1.807) is 27.7 Å². The minimum atomic E-state index is -1.35. The second-order valence-corrected chi connectivity index (χ2v) is 6.76. The maximum absolute atomic E-state index is 13.6. The predicted octanol–water partition coefficient (Wildman–Crippen LogP) is 3.10. The largest absolute Gasteiger partial charge is 0.444 e. The summed E-state index contributed by atoms with van der Waals surface area (Å²) in [5, 5.41) is 22.7. The quantitative estimate of drug-likeness (QED) is 0.764. The van der Waals surface area contributed by atoms with Gasteiger partial charge in [-0.2, -0.15) is 0 Å². The molecule has 0 spiro atoms. The van der Waals surface area contributed by atoms with Crippen LogP contribution in [0.2, 0.25) is 5.02 Å². The lowest BCUT2D eigenvalue weighted by Gasteiger charge is -2.22. The van der Waals surface area contributed by atoms with E-state index in [-0.39, 0.29) is 23.6 Å². The number of alkyl carbamates (subject to hydrolysis) is 1. The maximum atomic E-state index is 13.6. The molecule has 7 heteroatoms. The Labute approximate surface area is 140 Å². The van der Waals surface area contributed by atoms with Crippen molar-refractivity contribution < 1.29 is 24.1 Å². The summed E-state index contributed by atoms with van der Waals surface area (Å²) in [6, 6.07) is 2.49. The summed E-state index contributed by atoms with van der Waals surface area (Å²) >= 11 is 5.97. The molecule has 1 amide bonds. The number of benzene rings is 1. The van der Waals surface area contributed by atoms with Crippen LogP contribution in [0.25, 0.3) is 0 Å². The molecule has 130 valence electrons. The zero-order valence-electron chi connectivity index (χ0n) is 13.7. The van der Waals surface area contributed by atoms with Crippen LogP contribution in [0.3, 0.4) is 0 Å². The highest BCUT2D eigenvalue weighted by molar-refractivity contribution is 6.31. The van der Waals surface area contributed by atoms with Crippen molar-refractivity contribution >= 4 is 17.7 Å². The first-order valence-electron chi connectivity index (χ1n) is 7.30. The standard InChI is InChI=1S/C16H23ClFNO4/c1-9-7-11(17)10(8-12(9)18)14(21)13(20)5-6-19-15(22)23-16(2,3)4/h7-8,13-14,20-21H,5-6H2,1-4H3,(H,19,22). The van der Waals surface area contributed by atoms with Gasteiger partial charge >= 0.3 is 6.09 Å². The molecule has 1 aromatic rings. The van der Waals surface area contributed by atoms with E-state index in [1.807, 2.05) is 0 Å². The average Bonchev–Trinajstić information content (AvgIpc) is 2.40. The molecule has 0 saturated heterocycles. The van der Waals surface area contributed by atoms with Crippen LogP contribution in [0.4, 0.5) is 9.18 Å². The zero-order valence-corrected chi connectivity index (χ0v) is 14.4. The van der Waals surface area contributed by atoms with Crippen LogP contribution in [0.5, 0.6) is 0 Å². The molecule has 1 aromatic carbocycles. The molecule has 2 atom stereocenters. The van der Waals surface area contributed by atoms with Crippen molar-refractivity contribution in [3.63, 3.8) is 0 Å². The van der Waals surface area contributed by atoms with E-state index < -0.39 is 29.7 Å². The summed E-state index contributed by atoms with van der Waals surface area (Å²) in [6.07, 6.45) is -3.10. The van der Waals surface area contributed by atoms with Gasteiger partial charge in [-0.3, -0.25) is 0 Å². The Morgan fingerprint density at radius 2 is 2.00 bits per heavy atom. The van der Waals surface area contributed by atoms with E-state index in [2.05, 4.69) is 5.32 Å². The molecule has 0 radical (unpaired) electrons. The Morgan fingerprint density at radius 1 is 1.39 bits per heavy atom. The Balaban J connectivity index is 2.57. The molecule has 0 fully saturated rings. The van der Waals surface area contributed by atoms with Crippen molar-refractivity contribution in [2.75, 3.05) is 6.54 Å². The number of hydrogen-bond acceptors (Lipinski definition) is 4. The van der Waals surface area contributed by atoms with Crippen LogP contribution >= 0.6 is 11.6 Å². The summed E-state index contributed by atoms with van der Waals surface area (Å²) in [7, 11) is 0. The molecule has 0 aliphatic heterocycles. The number of hydrogen-bond donors (Lipinski definition) is 3. The molecule has 5 nitrogen and oxygen atoms in total. The maximum Gasteiger partial charge on any atom is 0.407 e. The van der Waals surface area contributed by atoms with Crippen molar-refractivity contribution in [1.82, 2.24) is 5.32 Å². The van der Waals surface area contributed by atoms with Gasteiger partial charge < -0.3 is 20.3 Å². The van der Waals surface area contributed by atoms with Gasteiger partial charge in [0.25, 0.3) is 0 Å². The first kappa shape index (κ1) is 19.7. The van der Waals surface area contributed by atoms with Gasteiger partial charge in [-0.1, -0.05) is 11.6 Å². The van der Waals surface area contributed by atoms with E-state index in [1.165, 1.54) is 6.07 Å². The number of carbonyl (C=O) groups is 1. The third-order valence-electron chi connectivity index (χ3n) is 3.07. The summed E-state index contributed by atoms with van der Waals surface area (Å²) in [4.78, 5) is 11.5. The number of aliphatic hydroxyl groups excluding tert-OH is 2. The van der Waals surface area contributed by atoms with Crippen molar-refractivity contribution in [2.45, 2.75) is 51.9 Å². The lowest BCUT2D eigenvalue weighted by Crippen LogP contribution is -2.34. The van der Waals surface area contributed by atoms with E-state index in [9.17, 15) is 19.4 Å². The third kappa shape index (κ3) is 6.33. The van der Waals surface area contributed by atoms with Crippen LogP contribution in [0.1, 0.15) is 44.4 Å². The van der Waals surface area contributed by atoms with Crippen molar-refractivity contribution in [1.29, 1.82) is 0 Å². The fraction of sp³-hybridized carbons (Fsp3) is 0.562. The summed E-state index contributed by atoms with van der Waals surface area (Å²) in [6.45, 7) is 6.86. The van der Waals surface area contributed by atoms with Gasteiger partial charge in [0.15, 0.2) is 0 Å². The zero-order chi connectivity index (χ0) is 17.8. The summed E-state index contributed by atoms with van der Waals surface area (Å²) in [5.74, 6) is -0.512. The second-order valence-electron chi connectivity index (χ2n) is 6.35. The topological polar surface area (TPSA) is 78.8 Å². The first-order chi connectivity index (χ1) is 10.5. The van der Waals surface area contributed by atoms with Crippen LogP contribution in [0, 0.1) is 12.7 Å². The Kier molecular flexibility index (Phi) is 6.80. The lowest BCUT2D eigenvalue weighted by atomic mass is 10.0. The Morgan fingerprint density at radius 3 is 2.57 bits per heavy atom. The smallest absolute Gasteiger partial charge is 0.407 e. The third-order valence-corrected chi connectivity index (χ3v) is 3.40. The van der Waals surface area contributed by atoms with Gasteiger partial charge in [0, 0.05) is 17.1 Å². The summed E-state index contributed by atoms with van der Waals surface area (Å²) < 4.78 is 18.6. The summed E-state index contributed by atoms with van der Waals surface area (Å²) in [5.41, 5.74) is -0.151. The average molecular weight is 348 g/mol. The number of ether oxygens (including phenoxy) is 1. The molecule has 0 aliphatic carbocycles. The molecule has 2 unspecified atom stereocenters. The fourth-order valence-electron chi connectivity index (χ4n) is 1.89. The van der Waals surface area contributed by atoms with E-state index in [0.717, 1.165) is 6.07 Å². The van der Waals surface area contributed by atoms with E-state index in [0.29, 0.717) is 5.56 Å². The van der Waals surface area contributed by atoms with Gasteiger partial charge in [0.2, 0.25) is 0 Å². The van der Waals surface area contributed by atoms with Crippen molar-refractivity contribution in [3.05, 3.63) is 34.1 Å². The Bertz CT molecular complexity index is 560. The molecular formula is C16H23ClFNO4. The van der Waals surface area contributed by atoms with Crippen molar-refractivity contribution in [3.8, 4) is 0 Å². The highest BCUT2D eigenvalue weighted by Gasteiger charge is 2.22. The molecule has 0 heterocycles. The van der Waals surface area contributed by atoms with Crippen LogP contribution in [-0.4, -0.2) is 34.6 Å². The molecule has 0 saturated carbocycles. The number of rotatable bonds is 5. The molecule has 0 aliphatic rings. The highest BCUT2D eigenvalue weighted by atomic mass is 35.5. The lowest BCUT2D eigenvalue weighted by molar-refractivity contribution is 0.0122. The molecule has 23 heavy (non-hydrogen) atoms. The fourth-order valence-corrected chi connectivity index (χ4v) is 2.22. The number of halogens is 2. The van der Waals surface area contributed by atoms with E-state index in [4.69, 9.17) is 16.3 Å². The van der Waals surface area contributed by atoms with Crippen LogP contribution < -0.4 is 5.32 Å². The number of amides is 1. The number of aryl methyl sites for hydroxylation is 1. The van der Waals surface area contributed by atoms with Crippen LogP contribution in [-0.2, 0) is 4.74 Å². The van der Waals surface area contributed by atoms with Crippen molar-refractivity contribution in [2.24, 2.45) is 0 Å². The predicted molar refractivity (Wildman–Crippen MR) is 86.0 cm³/mol. The monoisotopic (exact) mass is 347 g/mol. The number of aliphatic hydroxyl groups is 2. The molecular weight excluding hydrogens is 325 g/mol. The Hall–Kier alpha value is -1.37. The van der Waals surface area contributed by atoms with Gasteiger partial charge in [-0.15, -0.1) is 0 Å². The number of carbonyl (C=O) groups excluding carboxylic acids is 1. The molecule has 0 bridgehead atoms. The first-order valence-corrected chi connectivity index (χ1v) is 7.67. The minimum Gasteiger partial charge on any atom is -0.444 e. The SMILES string of the molecule is Cc1cc(Cl)c(C(O)C(O)CCNC(=O)OC(C)(C)C)cc1F. The van der Waals surface area contributed by atoms with Gasteiger partial charge in [0.05, 0.1) is 6.10 Å². The van der Waals surface area contributed by atoms with Gasteiger partial charge in [0.1, 0.15) is 17.5 Å². The van der Waals surface area contributed by atoms with Crippen LogP contribution in [0.15, 0.2) is 12.1 Å². The van der Waals surface area contributed by atoms with Gasteiger partial charge in [-0.25, -0.2) is 9.18 Å². The molecule has 3 N–H and O–H groups in total. The second kappa shape index (κ2) is 7.95. The molecule has 1 rings (SSSR count). The molecule has 0 aromatic heterocycles. The highest BCUT2D eigenvalue weighted by Crippen LogP contribution is 2.28. The minimum absolute atomic E-state index is 0.0617. The van der Waals surface area contributed by atoms with Gasteiger partial charge in [-0.05, 0) is 51.8 Å². The van der Waals surface area contributed by atoms with E-state index >= 15 is 0 Å². The normalized spacial score (nSPS) is 14.3. The number of nitrogens with one attached hydrogen (secondary N) is 1.